The summed E-state index contributed by atoms with van der Waals surface area (Å²) >= 11 is 0. The van der Waals surface area contributed by atoms with Crippen molar-refractivity contribution >= 4 is 16.1 Å². The number of carboxylic acids is 1. The Kier molecular flexibility index (Phi) is 8.83. The quantitative estimate of drug-likeness (QED) is 0.320. The average molecular weight is 312 g/mol. The molecule has 0 aliphatic rings. The van der Waals surface area contributed by atoms with E-state index in [9.17, 15) is 17.8 Å². The molecule has 0 saturated heterocycles. The largest absolute Gasteiger partial charge is 1.00 e. The number of para-hydroxylation sites is 2. The summed E-state index contributed by atoms with van der Waals surface area (Å²) in [6.45, 7) is -0.482. The SMILES string of the molecule is O=C(O)COc1ccccc1OCCCS(=O)(=O)[O-].[Na+]. The molecule has 0 aromatic heterocycles. The fraction of sp³-hybridized carbons (Fsp3) is 0.364. The van der Waals surface area contributed by atoms with Crippen molar-refractivity contribution in [2.24, 2.45) is 0 Å². The van der Waals surface area contributed by atoms with Crippen molar-refractivity contribution in [3.63, 3.8) is 0 Å². The molecule has 0 bridgehead atoms. The Morgan fingerprint density at radius 1 is 1.20 bits per heavy atom. The summed E-state index contributed by atoms with van der Waals surface area (Å²) in [4.78, 5) is 10.4. The van der Waals surface area contributed by atoms with E-state index in [1.54, 1.807) is 18.2 Å². The van der Waals surface area contributed by atoms with Gasteiger partial charge in [0.25, 0.3) is 0 Å². The fourth-order valence-corrected chi connectivity index (χ4v) is 1.72. The molecule has 0 aliphatic heterocycles. The van der Waals surface area contributed by atoms with Crippen LogP contribution in [0.3, 0.4) is 0 Å². The van der Waals surface area contributed by atoms with Crippen LogP contribution in [0.4, 0.5) is 0 Å². The standard InChI is InChI=1S/C11H14O7S.Na/c12-11(13)8-18-10-5-2-1-4-9(10)17-6-3-7-19(14,15)16;/h1-2,4-5H,3,6-8H2,(H,12,13)(H,14,15,16);/q;+1/p-1. The zero-order valence-electron chi connectivity index (χ0n) is 10.9. The predicted octanol–water partition coefficient (Wildman–Crippen LogP) is -2.53. The second-order valence-corrected chi connectivity index (χ2v) is 5.12. The van der Waals surface area contributed by atoms with Crippen LogP contribution in [0.1, 0.15) is 6.42 Å². The molecule has 7 nitrogen and oxygen atoms in total. The average Bonchev–Trinajstić information content (AvgIpc) is 2.32. The van der Waals surface area contributed by atoms with Gasteiger partial charge >= 0.3 is 35.5 Å². The van der Waals surface area contributed by atoms with E-state index in [0.29, 0.717) is 5.75 Å². The minimum absolute atomic E-state index is 0. The van der Waals surface area contributed by atoms with Gasteiger partial charge in [-0.3, -0.25) is 0 Å². The van der Waals surface area contributed by atoms with Crippen LogP contribution in [0.5, 0.6) is 11.5 Å². The van der Waals surface area contributed by atoms with E-state index in [4.69, 9.17) is 14.6 Å². The molecule has 0 unspecified atom stereocenters. The van der Waals surface area contributed by atoms with Crippen molar-refractivity contribution < 1.29 is 61.9 Å². The summed E-state index contributed by atoms with van der Waals surface area (Å²) in [6, 6.07) is 6.39. The van der Waals surface area contributed by atoms with E-state index in [-0.39, 0.29) is 48.3 Å². The smallest absolute Gasteiger partial charge is 0.748 e. The molecule has 1 N–H and O–H groups in total. The first-order valence-electron chi connectivity index (χ1n) is 5.38. The number of carboxylic acid groups (broad SMARTS) is 1. The topological polar surface area (TPSA) is 113 Å². The maximum Gasteiger partial charge on any atom is 1.00 e. The molecule has 0 amide bonds. The molecule has 0 spiro atoms. The van der Waals surface area contributed by atoms with Gasteiger partial charge in [0.05, 0.1) is 16.7 Å². The Labute approximate surface area is 138 Å². The van der Waals surface area contributed by atoms with E-state index < -0.39 is 28.4 Å². The second-order valence-electron chi connectivity index (χ2n) is 3.59. The molecule has 0 radical (unpaired) electrons. The van der Waals surface area contributed by atoms with E-state index in [1.807, 2.05) is 0 Å². The molecule has 1 aromatic carbocycles. The van der Waals surface area contributed by atoms with Crippen molar-refractivity contribution in [1.82, 2.24) is 0 Å². The maximum atomic E-state index is 10.4. The van der Waals surface area contributed by atoms with Crippen molar-refractivity contribution in [2.45, 2.75) is 6.42 Å². The van der Waals surface area contributed by atoms with Crippen LogP contribution in [-0.2, 0) is 14.9 Å². The van der Waals surface area contributed by atoms with Crippen molar-refractivity contribution in [2.75, 3.05) is 19.0 Å². The first-order valence-corrected chi connectivity index (χ1v) is 6.96. The van der Waals surface area contributed by atoms with Gasteiger partial charge in [-0.1, -0.05) is 12.1 Å². The first kappa shape index (κ1) is 19.2. The predicted molar refractivity (Wildman–Crippen MR) is 64.2 cm³/mol. The molecule has 0 fully saturated rings. The molecule has 20 heavy (non-hydrogen) atoms. The number of ether oxygens (including phenoxy) is 2. The van der Waals surface area contributed by atoms with Gasteiger partial charge in [0.2, 0.25) is 0 Å². The Morgan fingerprint density at radius 3 is 2.25 bits per heavy atom. The normalized spacial score (nSPS) is 10.4. The van der Waals surface area contributed by atoms with E-state index in [2.05, 4.69) is 0 Å². The molecular weight excluding hydrogens is 299 g/mol. The monoisotopic (exact) mass is 312 g/mol. The van der Waals surface area contributed by atoms with Gasteiger partial charge < -0.3 is 19.1 Å². The van der Waals surface area contributed by atoms with E-state index in [0.717, 1.165) is 0 Å². The number of aliphatic carboxylic acids is 1. The van der Waals surface area contributed by atoms with Gasteiger partial charge in [-0.2, -0.15) is 0 Å². The molecule has 1 aromatic rings. The van der Waals surface area contributed by atoms with Crippen LogP contribution in [0.2, 0.25) is 0 Å². The number of hydrogen-bond acceptors (Lipinski definition) is 6. The number of carbonyl (C=O) groups is 1. The third kappa shape index (κ3) is 8.39. The van der Waals surface area contributed by atoms with Crippen molar-refractivity contribution in [3.05, 3.63) is 24.3 Å². The summed E-state index contributed by atoms with van der Waals surface area (Å²) in [5, 5.41) is 8.50. The Hall–Kier alpha value is -0.800. The summed E-state index contributed by atoms with van der Waals surface area (Å²) in [5.41, 5.74) is 0. The van der Waals surface area contributed by atoms with Crippen LogP contribution >= 0.6 is 0 Å². The van der Waals surface area contributed by atoms with Gasteiger partial charge in [0.1, 0.15) is 0 Å². The van der Waals surface area contributed by atoms with E-state index in [1.165, 1.54) is 6.07 Å². The molecule has 1 rings (SSSR count). The van der Waals surface area contributed by atoms with Gasteiger partial charge in [0.15, 0.2) is 18.1 Å². The maximum absolute atomic E-state index is 10.4. The van der Waals surface area contributed by atoms with Crippen molar-refractivity contribution in [3.8, 4) is 11.5 Å². The minimum Gasteiger partial charge on any atom is -0.748 e. The van der Waals surface area contributed by atoms with Crippen LogP contribution in [0.25, 0.3) is 0 Å². The van der Waals surface area contributed by atoms with Crippen LogP contribution < -0.4 is 39.0 Å². The van der Waals surface area contributed by atoms with Gasteiger partial charge in [-0.05, 0) is 18.6 Å². The molecule has 0 atom stereocenters. The zero-order valence-corrected chi connectivity index (χ0v) is 13.8. The third-order valence-corrected chi connectivity index (χ3v) is 2.79. The van der Waals surface area contributed by atoms with Gasteiger partial charge in [0, 0.05) is 5.75 Å². The van der Waals surface area contributed by atoms with Crippen LogP contribution in [0.15, 0.2) is 24.3 Å². The molecule has 106 valence electrons. The third-order valence-electron chi connectivity index (χ3n) is 2.00. The summed E-state index contributed by atoms with van der Waals surface area (Å²) in [6.07, 6.45) is 0.0547. The zero-order chi connectivity index (χ0) is 14.3. The van der Waals surface area contributed by atoms with E-state index >= 15 is 0 Å². The fourth-order valence-electron chi connectivity index (χ4n) is 1.25. The molecule has 9 heteroatoms. The Bertz CT molecular complexity index is 529. The van der Waals surface area contributed by atoms with Gasteiger partial charge in [-0.25, -0.2) is 13.2 Å². The summed E-state index contributed by atoms with van der Waals surface area (Å²) < 4.78 is 41.4. The Balaban J connectivity index is 0.00000361. The number of benzene rings is 1. The summed E-state index contributed by atoms with van der Waals surface area (Å²) in [7, 11) is -4.25. The van der Waals surface area contributed by atoms with Crippen LogP contribution in [0, 0.1) is 0 Å². The molecular formula is C11H13NaO7S. The van der Waals surface area contributed by atoms with Crippen molar-refractivity contribution in [1.29, 1.82) is 0 Å². The van der Waals surface area contributed by atoms with Gasteiger partial charge in [-0.15, -0.1) is 0 Å². The molecule has 0 heterocycles. The number of rotatable bonds is 8. The number of hydrogen-bond donors (Lipinski definition) is 1. The molecule has 0 aliphatic carbocycles. The minimum atomic E-state index is -4.25. The molecule has 0 saturated carbocycles. The second kappa shape index (κ2) is 9.19. The Morgan fingerprint density at radius 2 is 1.75 bits per heavy atom. The van der Waals surface area contributed by atoms with Crippen LogP contribution in [-0.4, -0.2) is 43.0 Å². The first-order chi connectivity index (χ1) is 8.88. The summed E-state index contributed by atoms with van der Waals surface area (Å²) in [5.74, 6) is -1.08.